The summed E-state index contributed by atoms with van der Waals surface area (Å²) in [7, 11) is 4.02. The van der Waals surface area contributed by atoms with Crippen molar-refractivity contribution in [2.24, 2.45) is 11.1 Å². The normalized spacial score (nSPS) is 17.9. The van der Waals surface area contributed by atoms with Crippen molar-refractivity contribution >= 4 is 21.7 Å². The summed E-state index contributed by atoms with van der Waals surface area (Å²) in [6.45, 7) is 1.99. The SMILES string of the molecule is CN(C)CCn1ncc(Br)c1C(=O)C1(CN)CCCC1. The zero-order valence-electron chi connectivity index (χ0n) is 12.2. The summed E-state index contributed by atoms with van der Waals surface area (Å²) >= 11 is 3.47. The van der Waals surface area contributed by atoms with E-state index in [1.165, 1.54) is 0 Å². The fourth-order valence-corrected chi connectivity index (χ4v) is 3.36. The Hall–Kier alpha value is -0.720. The van der Waals surface area contributed by atoms with Crippen LogP contribution in [0.4, 0.5) is 0 Å². The summed E-state index contributed by atoms with van der Waals surface area (Å²) in [6, 6.07) is 0. The minimum atomic E-state index is -0.377. The maximum absolute atomic E-state index is 13.0. The summed E-state index contributed by atoms with van der Waals surface area (Å²) in [5.41, 5.74) is 6.23. The number of nitrogens with zero attached hydrogens (tertiary/aromatic N) is 3. The van der Waals surface area contributed by atoms with Crippen molar-refractivity contribution in [1.82, 2.24) is 14.7 Å². The first kappa shape index (κ1) is 15.7. The van der Waals surface area contributed by atoms with E-state index in [-0.39, 0.29) is 11.2 Å². The third-order valence-electron chi connectivity index (χ3n) is 4.20. The van der Waals surface area contributed by atoms with Crippen LogP contribution in [0.25, 0.3) is 0 Å². The molecule has 1 saturated carbocycles. The Labute approximate surface area is 128 Å². The molecule has 1 fully saturated rings. The Morgan fingerprint density at radius 3 is 2.70 bits per heavy atom. The molecule has 2 N–H and O–H groups in total. The molecule has 0 aromatic carbocycles. The molecule has 1 heterocycles. The van der Waals surface area contributed by atoms with E-state index in [2.05, 4.69) is 25.9 Å². The number of ketones is 1. The second-order valence-corrected chi connectivity index (χ2v) is 6.74. The molecular formula is C14H23BrN4O. The lowest BCUT2D eigenvalue weighted by molar-refractivity contribution is 0.0796. The molecule has 0 amide bonds. The third-order valence-corrected chi connectivity index (χ3v) is 4.78. The Bertz CT molecular complexity index is 478. The van der Waals surface area contributed by atoms with Crippen LogP contribution >= 0.6 is 15.9 Å². The lowest BCUT2D eigenvalue weighted by Gasteiger charge is -2.26. The van der Waals surface area contributed by atoms with E-state index in [1.807, 2.05) is 18.8 Å². The van der Waals surface area contributed by atoms with Gasteiger partial charge in [-0.15, -0.1) is 0 Å². The van der Waals surface area contributed by atoms with Gasteiger partial charge in [0.15, 0.2) is 5.78 Å². The van der Waals surface area contributed by atoms with Crippen molar-refractivity contribution in [3.63, 3.8) is 0 Å². The summed E-state index contributed by atoms with van der Waals surface area (Å²) in [6.07, 6.45) is 5.68. The minimum Gasteiger partial charge on any atom is -0.329 e. The molecule has 1 aromatic rings. The number of hydrogen-bond donors (Lipinski definition) is 1. The van der Waals surface area contributed by atoms with E-state index in [1.54, 1.807) is 6.20 Å². The fraction of sp³-hybridized carbons (Fsp3) is 0.714. The zero-order valence-corrected chi connectivity index (χ0v) is 13.8. The summed E-state index contributed by atoms with van der Waals surface area (Å²) in [5.74, 6) is 0.153. The molecule has 1 aliphatic carbocycles. The molecular weight excluding hydrogens is 320 g/mol. The topological polar surface area (TPSA) is 64.2 Å². The lowest BCUT2D eigenvalue weighted by Crippen LogP contribution is -2.38. The van der Waals surface area contributed by atoms with E-state index in [9.17, 15) is 4.79 Å². The average Bonchev–Trinajstić information content (AvgIpc) is 3.03. The highest BCUT2D eigenvalue weighted by Crippen LogP contribution is 2.41. The number of hydrogen-bond acceptors (Lipinski definition) is 4. The van der Waals surface area contributed by atoms with Crippen molar-refractivity contribution in [2.75, 3.05) is 27.2 Å². The van der Waals surface area contributed by atoms with E-state index in [4.69, 9.17) is 5.73 Å². The lowest BCUT2D eigenvalue weighted by atomic mass is 9.80. The maximum Gasteiger partial charge on any atom is 0.189 e. The van der Waals surface area contributed by atoms with Crippen molar-refractivity contribution in [2.45, 2.75) is 32.2 Å². The van der Waals surface area contributed by atoms with Crippen LogP contribution in [0.5, 0.6) is 0 Å². The number of Topliss-reactive ketones (excluding diaryl/α,β-unsaturated/α-hetero) is 1. The highest BCUT2D eigenvalue weighted by Gasteiger charge is 2.42. The van der Waals surface area contributed by atoms with Gasteiger partial charge < -0.3 is 10.6 Å². The number of nitrogens with two attached hydrogens (primary N) is 1. The first-order valence-electron chi connectivity index (χ1n) is 7.11. The molecule has 1 aromatic heterocycles. The third kappa shape index (κ3) is 2.97. The summed E-state index contributed by atoms with van der Waals surface area (Å²) in [4.78, 5) is 15.0. The number of carbonyl (C=O) groups excluding carboxylic acids is 1. The highest BCUT2D eigenvalue weighted by atomic mass is 79.9. The van der Waals surface area contributed by atoms with Crippen LogP contribution in [0.3, 0.4) is 0 Å². The predicted octanol–water partition coefficient (Wildman–Crippen LogP) is 1.91. The number of carbonyl (C=O) groups is 1. The molecule has 0 spiro atoms. The average molecular weight is 343 g/mol. The van der Waals surface area contributed by atoms with E-state index >= 15 is 0 Å². The predicted molar refractivity (Wildman–Crippen MR) is 82.8 cm³/mol. The van der Waals surface area contributed by atoms with Gasteiger partial charge in [0.2, 0.25) is 0 Å². The van der Waals surface area contributed by atoms with Gasteiger partial charge in [0.25, 0.3) is 0 Å². The van der Waals surface area contributed by atoms with Gasteiger partial charge in [-0.3, -0.25) is 9.48 Å². The number of likely N-dealkylation sites (N-methyl/N-ethyl adjacent to an activating group) is 1. The van der Waals surface area contributed by atoms with Crippen LogP contribution in [0, 0.1) is 5.41 Å². The molecule has 0 bridgehead atoms. The molecule has 6 heteroatoms. The smallest absolute Gasteiger partial charge is 0.189 e. The Balaban J connectivity index is 2.27. The molecule has 0 radical (unpaired) electrons. The molecule has 1 aliphatic rings. The first-order valence-corrected chi connectivity index (χ1v) is 7.90. The van der Waals surface area contributed by atoms with E-state index in [0.717, 1.165) is 36.7 Å². The molecule has 0 aliphatic heterocycles. The van der Waals surface area contributed by atoms with Gasteiger partial charge in [-0.05, 0) is 42.9 Å². The fourth-order valence-electron chi connectivity index (χ4n) is 2.88. The quantitative estimate of drug-likeness (QED) is 0.802. The van der Waals surface area contributed by atoms with Gasteiger partial charge in [-0.2, -0.15) is 5.10 Å². The molecule has 0 atom stereocenters. The highest BCUT2D eigenvalue weighted by molar-refractivity contribution is 9.10. The number of rotatable bonds is 6. The molecule has 112 valence electrons. The molecule has 0 unspecified atom stereocenters. The molecule has 0 saturated heterocycles. The molecule has 20 heavy (non-hydrogen) atoms. The van der Waals surface area contributed by atoms with Crippen LogP contribution in [0.1, 0.15) is 36.2 Å². The standard InChI is InChI=1S/C14H23BrN4O/c1-18(2)7-8-19-12(11(15)9-17-19)13(20)14(10-16)5-3-4-6-14/h9H,3-8,10,16H2,1-2H3. The van der Waals surface area contributed by atoms with Crippen LogP contribution in [0.2, 0.25) is 0 Å². The largest absolute Gasteiger partial charge is 0.329 e. The van der Waals surface area contributed by atoms with Gasteiger partial charge in [0.05, 0.1) is 17.2 Å². The maximum atomic E-state index is 13.0. The monoisotopic (exact) mass is 342 g/mol. The van der Waals surface area contributed by atoms with Gasteiger partial charge in [-0.1, -0.05) is 12.8 Å². The van der Waals surface area contributed by atoms with Crippen molar-refractivity contribution in [3.05, 3.63) is 16.4 Å². The number of halogens is 1. The van der Waals surface area contributed by atoms with Crippen LogP contribution in [-0.4, -0.2) is 47.6 Å². The van der Waals surface area contributed by atoms with Crippen molar-refractivity contribution in [3.8, 4) is 0 Å². The van der Waals surface area contributed by atoms with Gasteiger partial charge in [0.1, 0.15) is 5.69 Å². The van der Waals surface area contributed by atoms with Crippen LogP contribution in [-0.2, 0) is 6.54 Å². The summed E-state index contributed by atoms with van der Waals surface area (Å²) in [5, 5.41) is 4.33. The second-order valence-electron chi connectivity index (χ2n) is 5.89. The zero-order chi connectivity index (χ0) is 14.8. The van der Waals surface area contributed by atoms with Crippen molar-refractivity contribution in [1.29, 1.82) is 0 Å². The van der Waals surface area contributed by atoms with Gasteiger partial charge >= 0.3 is 0 Å². The molecule has 5 nitrogen and oxygen atoms in total. The van der Waals surface area contributed by atoms with Gasteiger partial charge in [-0.25, -0.2) is 0 Å². The minimum absolute atomic E-state index is 0.153. The Morgan fingerprint density at radius 1 is 1.50 bits per heavy atom. The van der Waals surface area contributed by atoms with E-state index in [0.29, 0.717) is 18.8 Å². The van der Waals surface area contributed by atoms with Crippen LogP contribution < -0.4 is 5.73 Å². The van der Waals surface area contributed by atoms with Gasteiger partial charge in [0, 0.05) is 18.5 Å². The van der Waals surface area contributed by atoms with E-state index < -0.39 is 0 Å². The Morgan fingerprint density at radius 2 is 2.15 bits per heavy atom. The Kier molecular flexibility index (Phi) is 4.99. The van der Waals surface area contributed by atoms with Crippen LogP contribution in [0.15, 0.2) is 10.7 Å². The first-order chi connectivity index (χ1) is 9.50. The second kappa shape index (κ2) is 6.37. The number of aromatic nitrogens is 2. The van der Waals surface area contributed by atoms with Crippen molar-refractivity contribution < 1.29 is 4.79 Å². The summed E-state index contributed by atoms with van der Waals surface area (Å²) < 4.78 is 2.59. The molecule has 2 rings (SSSR count).